The number of carbonyl (C=O) groups is 3. The number of nitrogens with zero attached hydrogens (tertiary/aromatic N) is 1. The SMILES string of the molecule is C[C@@H](C(=O)NCCOc1ccccc1)N1C(=O)[C@H]2CC=CC[C@@H]2C1=O. The zero-order chi connectivity index (χ0) is 17.8. The molecule has 1 N–H and O–H groups in total. The molecule has 2 aliphatic rings. The molecular formula is C19H22N2O4. The van der Waals surface area contributed by atoms with Crippen LogP contribution in [0.5, 0.6) is 5.75 Å². The summed E-state index contributed by atoms with van der Waals surface area (Å²) < 4.78 is 5.51. The first-order valence-electron chi connectivity index (χ1n) is 8.57. The molecule has 3 atom stereocenters. The molecule has 0 spiro atoms. The lowest BCUT2D eigenvalue weighted by atomic mass is 9.85. The highest BCUT2D eigenvalue weighted by Crippen LogP contribution is 2.36. The molecule has 0 radical (unpaired) electrons. The standard InChI is InChI=1S/C19H22N2O4/c1-13(17(22)20-11-12-25-14-7-3-2-4-8-14)21-18(23)15-9-5-6-10-16(15)19(21)24/h2-8,13,15-16H,9-12H2,1H3,(H,20,22)/t13-,15-,16-/m0/s1. The van der Waals surface area contributed by atoms with Gasteiger partial charge >= 0.3 is 0 Å². The van der Waals surface area contributed by atoms with Crippen LogP contribution < -0.4 is 10.1 Å². The number of amides is 3. The Morgan fingerprint density at radius 2 is 1.76 bits per heavy atom. The molecule has 3 rings (SSSR count). The number of allylic oxidation sites excluding steroid dienone is 2. The first kappa shape index (κ1) is 17.2. The van der Waals surface area contributed by atoms with Gasteiger partial charge in [0, 0.05) is 0 Å². The lowest BCUT2D eigenvalue weighted by Gasteiger charge is -2.22. The van der Waals surface area contributed by atoms with Crippen LogP contribution in [0.25, 0.3) is 0 Å². The van der Waals surface area contributed by atoms with Gasteiger partial charge in [-0.25, -0.2) is 0 Å². The third-order valence-electron chi connectivity index (χ3n) is 4.72. The van der Waals surface area contributed by atoms with Gasteiger partial charge in [-0.2, -0.15) is 0 Å². The van der Waals surface area contributed by atoms with Crippen molar-refractivity contribution in [3.05, 3.63) is 42.5 Å². The second-order valence-electron chi connectivity index (χ2n) is 6.33. The number of benzene rings is 1. The van der Waals surface area contributed by atoms with Crippen molar-refractivity contribution >= 4 is 17.7 Å². The van der Waals surface area contributed by atoms with E-state index in [0.29, 0.717) is 26.0 Å². The first-order valence-corrected chi connectivity index (χ1v) is 8.57. The Bertz CT molecular complexity index is 660. The number of para-hydroxylation sites is 1. The van der Waals surface area contributed by atoms with E-state index in [1.165, 1.54) is 0 Å². The van der Waals surface area contributed by atoms with E-state index in [1.807, 2.05) is 42.5 Å². The molecule has 132 valence electrons. The molecule has 0 bridgehead atoms. The highest BCUT2D eigenvalue weighted by atomic mass is 16.5. The Balaban J connectivity index is 1.50. The quantitative estimate of drug-likeness (QED) is 0.483. The van der Waals surface area contributed by atoms with Crippen LogP contribution in [0, 0.1) is 11.8 Å². The Morgan fingerprint density at radius 1 is 1.16 bits per heavy atom. The molecule has 0 saturated carbocycles. The maximum atomic E-state index is 12.5. The van der Waals surface area contributed by atoms with Gasteiger partial charge in [0.2, 0.25) is 17.7 Å². The van der Waals surface area contributed by atoms with Crippen LogP contribution in [-0.2, 0) is 14.4 Å². The minimum Gasteiger partial charge on any atom is -0.492 e. The van der Waals surface area contributed by atoms with Crippen molar-refractivity contribution in [3.63, 3.8) is 0 Å². The van der Waals surface area contributed by atoms with E-state index in [9.17, 15) is 14.4 Å². The van der Waals surface area contributed by atoms with Gasteiger partial charge in [-0.3, -0.25) is 19.3 Å². The molecule has 6 nitrogen and oxygen atoms in total. The smallest absolute Gasteiger partial charge is 0.243 e. The highest BCUT2D eigenvalue weighted by Gasteiger charge is 2.49. The van der Waals surface area contributed by atoms with E-state index >= 15 is 0 Å². The average Bonchev–Trinajstić information content (AvgIpc) is 2.90. The van der Waals surface area contributed by atoms with Gasteiger partial charge in [0.15, 0.2) is 0 Å². The van der Waals surface area contributed by atoms with E-state index in [1.54, 1.807) is 6.92 Å². The number of likely N-dealkylation sites (tertiary alicyclic amines) is 1. The van der Waals surface area contributed by atoms with E-state index < -0.39 is 6.04 Å². The lowest BCUT2D eigenvalue weighted by molar-refractivity contribution is -0.147. The van der Waals surface area contributed by atoms with Gasteiger partial charge in [-0.15, -0.1) is 0 Å². The van der Waals surface area contributed by atoms with Crippen LogP contribution in [0.1, 0.15) is 19.8 Å². The van der Waals surface area contributed by atoms with Gasteiger partial charge in [0.05, 0.1) is 18.4 Å². The fourth-order valence-electron chi connectivity index (χ4n) is 3.33. The van der Waals surface area contributed by atoms with E-state index in [2.05, 4.69) is 5.32 Å². The zero-order valence-corrected chi connectivity index (χ0v) is 14.2. The van der Waals surface area contributed by atoms with Crippen LogP contribution in [0.3, 0.4) is 0 Å². The second kappa shape index (κ2) is 7.51. The van der Waals surface area contributed by atoms with Gasteiger partial charge in [0.25, 0.3) is 0 Å². The summed E-state index contributed by atoms with van der Waals surface area (Å²) >= 11 is 0. The Kier molecular flexibility index (Phi) is 5.16. The topological polar surface area (TPSA) is 75.7 Å². The number of ether oxygens (including phenoxy) is 1. The largest absolute Gasteiger partial charge is 0.492 e. The Labute approximate surface area is 146 Å². The van der Waals surface area contributed by atoms with Crippen LogP contribution in [0.4, 0.5) is 0 Å². The fourth-order valence-corrected chi connectivity index (χ4v) is 3.33. The molecule has 1 aromatic rings. The minimum atomic E-state index is -0.803. The number of rotatable bonds is 6. The van der Waals surface area contributed by atoms with Crippen molar-refractivity contribution in [1.82, 2.24) is 10.2 Å². The molecule has 3 amide bonds. The molecular weight excluding hydrogens is 320 g/mol. The van der Waals surface area contributed by atoms with Crippen LogP contribution in [0.15, 0.2) is 42.5 Å². The molecule has 1 aromatic carbocycles. The predicted octanol–water partition coefficient (Wildman–Crippen LogP) is 1.52. The average molecular weight is 342 g/mol. The number of imide groups is 1. The normalized spacial score (nSPS) is 23.3. The maximum Gasteiger partial charge on any atom is 0.243 e. The molecule has 0 aromatic heterocycles. The number of nitrogens with one attached hydrogen (secondary N) is 1. The summed E-state index contributed by atoms with van der Waals surface area (Å²) in [6, 6.07) is 8.50. The summed E-state index contributed by atoms with van der Waals surface area (Å²) in [6.07, 6.45) is 5.01. The number of fused-ring (bicyclic) bond motifs is 1. The summed E-state index contributed by atoms with van der Waals surface area (Å²) in [5.41, 5.74) is 0. The summed E-state index contributed by atoms with van der Waals surface area (Å²) in [6.45, 7) is 2.22. The number of hydrogen-bond acceptors (Lipinski definition) is 4. The first-order chi connectivity index (χ1) is 12.1. The minimum absolute atomic E-state index is 0.234. The molecule has 1 heterocycles. The number of hydrogen-bond donors (Lipinski definition) is 1. The predicted molar refractivity (Wildman–Crippen MR) is 91.6 cm³/mol. The van der Waals surface area contributed by atoms with Crippen molar-refractivity contribution in [2.24, 2.45) is 11.8 Å². The van der Waals surface area contributed by atoms with Gasteiger partial charge in [-0.05, 0) is 31.9 Å². The van der Waals surface area contributed by atoms with Gasteiger partial charge in [0.1, 0.15) is 18.4 Å². The molecule has 0 unspecified atom stereocenters. The lowest BCUT2D eigenvalue weighted by Crippen LogP contribution is -2.49. The van der Waals surface area contributed by atoms with Crippen molar-refractivity contribution < 1.29 is 19.1 Å². The Hall–Kier alpha value is -2.63. The molecule has 1 fully saturated rings. The molecule has 1 aliphatic carbocycles. The van der Waals surface area contributed by atoms with E-state index in [4.69, 9.17) is 4.74 Å². The summed E-state index contributed by atoms with van der Waals surface area (Å²) in [5.74, 6) is -0.704. The number of carbonyl (C=O) groups excluding carboxylic acids is 3. The van der Waals surface area contributed by atoms with Crippen molar-refractivity contribution in [2.45, 2.75) is 25.8 Å². The summed E-state index contributed by atoms with van der Waals surface area (Å²) in [7, 11) is 0. The van der Waals surface area contributed by atoms with Gasteiger partial charge in [-0.1, -0.05) is 30.4 Å². The van der Waals surface area contributed by atoms with Crippen molar-refractivity contribution in [3.8, 4) is 5.75 Å². The fraction of sp³-hybridized carbons (Fsp3) is 0.421. The third kappa shape index (κ3) is 3.57. The monoisotopic (exact) mass is 342 g/mol. The summed E-state index contributed by atoms with van der Waals surface area (Å²) in [4.78, 5) is 38.4. The third-order valence-corrected chi connectivity index (χ3v) is 4.72. The van der Waals surface area contributed by atoms with Crippen molar-refractivity contribution in [1.29, 1.82) is 0 Å². The van der Waals surface area contributed by atoms with Gasteiger partial charge < -0.3 is 10.1 Å². The van der Waals surface area contributed by atoms with Crippen LogP contribution >= 0.6 is 0 Å². The maximum absolute atomic E-state index is 12.5. The van der Waals surface area contributed by atoms with Crippen molar-refractivity contribution in [2.75, 3.05) is 13.2 Å². The van der Waals surface area contributed by atoms with E-state index in [0.717, 1.165) is 10.6 Å². The molecule has 1 saturated heterocycles. The zero-order valence-electron chi connectivity index (χ0n) is 14.2. The molecule has 6 heteroatoms. The van der Waals surface area contributed by atoms with Crippen LogP contribution in [-0.4, -0.2) is 41.8 Å². The molecule has 1 aliphatic heterocycles. The highest BCUT2D eigenvalue weighted by molar-refractivity contribution is 6.08. The van der Waals surface area contributed by atoms with E-state index in [-0.39, 0.29) is 29.6 Å². The Morgan fingerprint density at radius 3 is 2.36 bits per heavy atom. The summed E-state index contributed by atoms with van der Waals surface area (Å²) in [5, 5.41) is 2.73. The second-order valence-corrected chi connectivity index (χ2v) is 6.33. The molecule has 25 heavy (non-hydrogen) atoms. The van der Waals surface area contributed by atoms with Crippen LogP contribution in [0.2, 0.25) is 0 Å².